The molecule has 1 atom stereocenters. The Morgan fingerprint density at radius 2 is 1.32 bits per heavy atom. The molecule has 2 aliphatic carbocycles. The summed E-state index contributed by atoms with van der Waals surface area (Å²) in [4.78, 5) is 7.81. The summed E-state index contributed by atoms with van der Waals surface area (Å²) >= 11 is 0. The lowest BCUT2D eigenvalue weighted by atomic mass is 9.57. The predicted molar refractivity (Wildman–Crippen MR) is 192 cm³/mol. The smallest absolute Gasteiger partial charge is 0.142 e. The summed E-state index contributed by atoms with van der Waals surface area (Å²) in [5, 5.41) is 0. The van der Waals surface area contributed by atoms with E-state index in [4.69, 9.17) is 4.98 Å². The van der Waals surface area contributed by atoms with Gasteiger partial charge in [0.1, 0.15) is 5.82 Å². The Hall–Kier alpha value is -5.47. The molecule has 6 aromatic rings. The summed E-state index contributed by atoms with van der Waals surface area (Å²) in [6.45, 7) is 2.26. The number of fused-ring (bicyclic) bond motifs is 10. The molecule has 47 heavy (non-hydrogen) atoms. The summed E-state index contributed by atoms with van der Waals surface area (Å²) in [6, 6.07) is 50.2. The van der Waals surface area contributed by atoms with Gasteiger partial charge in [-0.2, -0.15) is 0 Å². The second-order valence-electron chi connectivity index (χ2n) is 13.2. The second-order valence-corrected chi connectivity index (χ2v) is 13.2. The first-order chi connectivity index (χ1) is 23.3. The Kier molecular flexibility index (Phi) is 5.55. The molecule has 2 heteroatoms. The zero-order valence-electron chi connectivity index (χ0n) is 26.4. The van der Waals surface area contributed by atoms with Crippen molar-refractivity contribution in [3.8, 4) is 0 Å². The Bertz CT molecular complexity index is 2260. The topological polar surface area (TPSA) is 16.1 Å². The quantitative estimate of drug-likeness (QED) is 0.200. The Morgan fingerprint density at radius 3 is 2.09 bits per heavy atom. The average molecular weight is 603 g/mol. The molecule has 1 spiro atoms. The lowest BCUT2D eigenvalue weighted by molar-refractivity contribution is 0.663. The van der Waals surface area contributed by atoms with Gasteiger partial charge < -0.3 is 0 Å². The van der Waals surface area contributed by atoms with Crippen LogP contribution in [0.3, 0.4) is 0 Å². The maximum atomic E-state index is 5.29. The minimum atomic E-state index is -0.559. The minimum absolute atomic E-state index is 0.397. The number of para-hydroxylation sites is 1. The number of nitrogens with zero attached hydrogens (tertiary/aromatic N) is 2. The number of rotatable bonds is 3. The lowest BCUT2D eigenvalue weighted by Crippen LogP contribution is -2.44. The molecule has 2 aliphatic heterocycles. The van der Waals surface area contributed by atoms with Crippen LogP contribution in [0.5, 0.6) is 0 Å². The van der Waals surface area contributed by atoms with E-state index < -0.39 is 10.8 Å². The van der Waals surface area contributed by atoms with Crippen LogP contribution in [0.1, 0.15) is 69.8 Å². The van der Waals surface area contributed by atoms with E-state index in [2.05, 4.69) is 157 Å². The van der Waals surface area contributed by atoms with Crippen LogP contribution in [-0.2, 0) is 17.3 Å². The molecule has 2 nitrogen and oxygen atoms in total. The molecule has 0 bridgehead atoms. The first kappa shape index (κ1) is 26.7. The minimum Gasteiger partial charge on any atom is -0.294 e. The van der Waals surface area contributed by atoms with Gasteiger partial charge in [0.15, 0.2) is 0 Å². The summed E-state index contributed by atoms with van der Waals surface area (Å²) in [5.74, 6) is 1.01. The van der Waals surface area contributed by atoms with Crippen molar-refractivity contribution < 1.29 is 0 Å². The van der Waals surface area contributed by atoms with E-state index in [1.165, 1.54) is 72.6 Å². The fourth-order valence-corrected chi connectivity index (χ4v) is 9.48. The van der Waals surface area contributed by atoms with Gasteiger partial charge in [0.25, 0.3) is 0 Å². The number of aromatic nitrogens is 1. The molecule has 4 aliphatic rings. The highest BCUT2D eigenvalue weighted by Crippen LogP contribution is 2.68. The Balaban J connectivity index is 1.43. The van der Waals surface area contributed by atoms with E-state index in [0.29, 0.717) is 0 Å². The largest absolute Gasteiger partial charge is 0.294 e. The number of hydrogen-bond donors (Lipinski definition) is 0. The second kappa shape index (κ2) is 9.77. The Morgan fingerprint density at radius 1 is 0.638 bits per heavy atom. The number of benzene rings is 5. The maximum Gasteiger partial charge on any atom is 0.142 e. The van der Waals surface area contributed by atoms with E-state index in [1.54, 1.807) is 0 Å². The fourth-order valence-electron chi connectivity index (χ4n) is 9.48. The number of allylic oxidation sites excluding steroid dienone is 4. The van der Waals surface area contributed by atoms with Crippen LogP contribution in [0.4, 0.5) is 17.2 Å². The molecule has 0 saturated heterocycles. The van der Waals surface area contributed by atoms with Crippen molar-refractivity contribution in [1.82, 2.24) is 4.98 Å². The van der Waals surface area contributed by atoms with Gasteiger partial charge >= 0.3 is 0 Å². The van der Waals surface area contributed by atoms with Crippen molar-refractivity contribution in [3.63, 3.8) is 0 Å². The third-order valence-electron chi connectivity index (χ3n) is 11.2. The number of hydrogen-bond acceptors (Lipinski definition) is 2. The first-order valence-corrected chi connectivity index (χ1v) is 16.9. The third-order valence-corrected chi connectivity index (χ3v) is 11.2. The van der Waals surface area contributed by atoms with Gasteiger partial charge in [0, 0.05) is 11.8 Å². The van der Waals surface area contributed by atoms with E-state index >= 15 is 0 Å². The number of pyridine rings is 1. The normalized spacial score (nSPS) is 19.1. The van der Waals surface area contributed by atoms with Crippen LogP contribution in [0, 0.1) is 0 Å². The van der Waals surface area contributed by atoms with Crippen LogP contribution >= 0.6 is 0 Å². The van der Waals surface area contributed by atoms with Crippen molar-refractivity contribution in [3.05, 3.63) is 207 Å². The summed E-state index contributed by atoms with van der Waals surface area (Å²) in [5.41, 5.74) is 16.3. The van der Waals surface area contributed by atoms with Gasteiger partial charge in [-0.3, -0.25) is 4.90 Å². The molecule has 1 aromatic heterocycles. The molecular formula is C45H34N2. The molecule has 0 fully saturated rings. The first-order valence-electron chi connectivity index (χ1n) is 16.9. The summed E-state index contributed by atoms with van der Waals surface area (Å²) < 4.78 is 0. The molecule has 224 valence electrons. The molecule has 0 N–H and O–H groups in total. The predicted octanol–water partition coefficient (Wildman–Crippen LogP) is 10.6. The molecule has 0 amide bonds. The number of aryl methyl sites for hydroxylation is 1. The SMILES string of the molecule is CCc1ccc2c(c1)N1c3ncccc3C(c3ccccc3)(c3ccccc3)c3cccc(c31)C21C2=C(C=CCC2)c2ccccc21. The average Bonchev–Trinajstić information content (AvgIpc) is 3.44. The summed E-state index contributed by atoms with van der Waals surface area (Å²) in [6.07, 6.45) is 9.79. The Labute approximate surface area is 276 Å². The van der Waals surface area contributed by atoms with Crippen LogP contribution in [-0.4, -0.2) is 4.98 Å². The molecule has 5 aromatic carbocycles. The van der Waals surface area contributed by atoms with Gasteiger partial charge in [-0.1, -0.05) is 140 Å². The van der Waals surface area contributed by atoms with E-state index in [-0.39, 0.29) is 0 Å². The zero-order valence-corrected chi connectivity index (χ0v) is 26.4. The van der Waals surface area contributed by atoms with Crippen molar-refractivity contribution >= 4 is 22.8 Å². The van der Waals surface area contributed by atoms with Gasteiger partial charge in [-0.25, -0.2) is 4.98 Å². The van der Waals surface area contributed by atoms with Crippen molar-refractivity contribution in [2.75, 3.05) is 4.90 Å². The highest BCUT2D eigenvalue weighted by Gasteiger charge is 2.57. The van der Waals surface area contributed by atoms with Gasteiger partial charge in [0.2, 0.25) is 0 Å². The zero-order chi connectivity index (χ0) is 31.2. The third kappa shape index (κ3) is 3.23. The fraction of sp³-hybridized carbons (Fsp3) is 0.133. The van der Waals surface area contributed by atoms with Crippen molar-refractivity contribution in [2.24, 2.45) is 0 Å². The van der Waals surface area contributed by atoms with E-state index in [9.17, 15) is 0 Å². The molecular weight excluding hydrogens is 569 g/mol. The molecule has 0 saturated carbocycles. The van der Waals surface area contributed by atoms with Gasteiger partial charge in [-0.05, 0) is 87.0 Å². The van der Waals surface area contributed by atoms with E-state index in [0.717, 1.165) is 25.1 Å². The van der Waals surface area contributed by atoms with Gasteiger partial charge in [0.05, 0.1) is 22.2 Å². The molecule has 10 rings (SSSR count). The van der Waals surface area contributed by atoms with E-state index in [1.807, 2.05) is 6.20 Å². The van der Waals surface area contributed by atoms with Crippen LogP contribution in [0.15, 0.2) is 157 Å². The highest BCUT2D eigenvalue weighted by molar-refractivity contribution is 6.00. The number of anilines is 3. The van der Waals surface area contributed by atoms with Crippen molar-refractivity contribution in [1.29, 1.82) is 0 Å². The van der Waals surface area contributed by atoms with Crippen LogP contribution in [0.25, 0.3) is 5.57 Å². The molecule has 3 heterocycles. The molecule has 0 radical (unpaired) electrons. The maximum absolute atomic E-state index is 5.29. The highest BCUT2D eigenvalue weighted by atomic mass is 15.2. The summed E-state index contributed by atoms with van der Waals surface area (Å²) in [7, 11) is 0. The van der Waals surface area contributed by atoms with Gasteiger partial charge in [-0.15, -0.1) is 0 Å². The van der Waals surface area contributed by atoms with Crippen LogP contribution in [0.2, 0.25) is 0 Å². The molecule has 1 unspecified atom stereocenters. The standard InChI is InChI=1S/C45H34N2/c1-2-30-26-27-37-41(29-30)47-42-38(23-13-24-39(42)45(37)35-21-11-9-19-33(35)34-20-10-12-22-36(34)45)44(31-15-5-3-6-16-31,32-17-7-4-8-18-32)40-25-14-28-46-43(40)47/h3-11,13-21,23-29H,2,12,22H2,1H3. The van der Waals surface area contributed by atoms with Crippen molar-refractivity contribution in [2.45, 2.75) is 37.0 Å². The van der Waals surface area contributed by atoms with Crippen LogP contribution < -0.4 is 4.90 Å². The lowest BCUT2D eigenvalue weighted by Gasteiger charge is -2.52. The monoisotopic (exact) mass is 602 g/mol.